The van der Waals surface area contributed by atoms with Gasteiger partial charge in [0.25, 0.3) is 10.2 Å². The maximum Gasteiger partial charge on any atom is 0.299 e. The highest BCUT2D eigenvalue weighted by Crippen LogP contribution is 2.20. The van der Waals surface area contributed by atoms with Crippen molar-refractivity contribution in [2.45, 2.75) is 20.3 Å². The van der Waals surface area contributed by atoms with E-state index >= 15 is 0 Å². The molecular formula is C11H18N4O3S. The van der Waals surface area contributed by atoms with Crippen LogP contribution in [0.5, 0.6) is 0 Å². The number of anilines is 1. The molecule has 0 aliphatic rings. The first kappa shape index (κ1) is 15.3. The van der Waals surface area contributed by atoms with E-state index in [1.54, 1.807) is 25.1 Å². The molecule has 1 aromatic carbocycles. The first-order chi connectivity index (χ1) is 8.91. The first-order valence-electron chi connectivity index (χ1n) is 5.76. The maximum atomic E-state index is 11.8. The molecule has 0 aliphatic carbocycles. The Morgan fingerprint density at radius 2 is 2.16 bits per heavy atom. The average molecular weight is 286 g/mol. The van der Waals surface area contributed by atoms with Gasteiger partial charge in [-0.05, 0) is 25.0 Å². The third kappa shape index (κ3) is 4.11. The molecule has 0 saturated carbocycles. The molecule has 0 heterocycles. The fraction of sp³-hybridized carbons (Fsp3) is 0.364. The molecule has 0 saturated heterocycles. The quantitative estimate of drug-likeness (QED) is 0.267. The highest BCUT2D eigenvalue weighted by Gasteiger charge is 2.15. The lowest BCUT2D eigenvalue weighted by molar-refractivity contribution is 0.318. The molecular weight excluding hydrogens is 268 g/mol. The summed E-state index contributed by atoms with van der Waals surface area (Å²) in [6.07, 6.45) is 0.682. The topological polar surface area (TPSA) is 117 Å². The number of nitrogens with two attached hydrogens (primary N) is 1. The van der Waals surface area contributed by atoms with Crippen molar-refractivity contribution in [1.29, 1.82) is 0 Å². The zero-order valence-corrected chi connectivity index (χ0v) is 11.7. The van der Waals surface area contributed by atoms with Crippen LogP contribution in [0.4, 0.5) is 5.69 Å². The molecule has 0 atom stereocenters. The number of nitrogens with zero attached hydrogens (tertiary/aromatic N) is 1. The van der Waals surface area contributed by atoms with Crippen molar-refractivity contribution in [1.82, 2.24) is 4.72 Å². The van der Waals surface area contributed by atoms with Gasteiger partial charge in [0.1, 0.15) is 0 Å². The van der Waals surface area contributed by atoms with E-state index in [-0.39, 0.29) is 11.5 Å². The molecule has 8 heteroatoms. The van der Waals surface area contributed by atoms with Gasteiger partial charge in [-0.1, -0.05) is 24.2 Å². The van der Waals surface area contributed by atoms with Crippen molar-refractivity contribution in [3.63, 3.8) is 0 Å². The Morgan fingerprint density at radius 1 is 1.47 bits per heavy atom. The Labute approximate surface area is 112 Å². The van der Waals surface area contributed by atoms with Crippen LogP contribution in [0.1, 0.15) is 24.5 Å². The van der Waals surface area contributed by atoms with Crippen LogP contribution in [0.15, 0.2) is 23.4 Å². The summed E-state index contributed by atoms with van der Waals surface area (Å²) in [4.78, 5) is 0. The smallest absolute Gasteiger partial charge is 0.299 e. The second-order valence-electron chi connectivity index (χ2n) is 3.98. The van der Waals surface area contributed by atoms with E-state index in [9.17, 15) is 8.42 Å². The molecule has 5 N–H and O–H groups in total. The highest BCUT2D eigenvalue weighted by molar-refractivity contribution is 7.90. The van der Waals surface area contributed by atoms with E-state index in [1.807, 2.05) is 6.92 Å². The number of hydrogen-bond donors (Lipinski definition) is 4. The zero-order valence-electron chi connectivity index (χ0n) is 10.8. The van der Waals surface area contributed by atoms with Crippen LogP contribution in [0.3, 0.4) is 0 Å². The Balaban J connectivity index is 3.12. The Kier molecular flexibility index (Phi) is 5.13. The van der Waals surface area contributed by atoms with Crippen molar-refractivity contribution < 1.29 is 13.6 Å². The second-order valence-corrected chi connectivity index (χ2v) is 5.48. The van der Waals surface area contributed by atoms with E-state index in [0.717, 1.165) is 0 Å². The number of rotatable bonds is 6. The normalized spacial score (nSPS) is 12.4. The minimum Gasteiger partial charge on any atom is -0.409 e. The van der Waals surface area contributed by atoms with Crippen molar-refractivity contribution in [2.24, 2.45) is 10.9 Å². The third-order valence-electron chi connectivity index (χ3n) is 2.42. The van der Waals surface area contributed by atoms with Crippen LogP contribution in [0.2, 0.25) is 0 Å². The van der Waals surface area contributed by atoms with Gasteiger partial charge in [-0.3, -0.25) is 4.72 Å². The molecule has 0 aliphatic heterocycles. The van der Waals surface area contributed by atoms with Crippen molar-refractivity contribution in [3.05, 3.63) is 29.3 Å². The minimum atomic E-state index is -3.67. The van der Waals surface area contributed by atoms with Crippen LogP contribution in [-0.2, 0) is 10.2 Å². The molecule has 1 rings (SSSR count). The molecule has 0 fully saturated rings. The van der Waals surface area contributed by atoms with Gasteiger partial charge < -0.3 is 10.9 Å². The molecule has 0 spiro atoms. The van der Waals surface area contributed by atoms with Crippen molar-refractivity contribution in [3.8, 4) is 0 Å². The molecule has 0 amide bonds. The van der Waals surface area contributed by atoms with Crippen LogP contribution >= 0.6 is 0 Å². The third-order valence-corrected chi connectivity index (χ3v) is 3.50. The van der Waals surface area contributed by atoms with Gasteiger partial charge in [-0.25, -0.2) is 0 Å². The fourth-order valence-electron chi connectivity index (χ4n) is 1.56. The molecule has 0 aromatic heterocycles. The van der Waals surface area contributed by atoms with Gasteiger partial charge in [-0.2, -0.15) is 13.1 Å². The van der Waals surface area contributed by atoms with Gasteiger partial charge in [-0.15, -0.1) is 0 Å². The lowest BCUT2D eigenvalue weighted by Gasteiger charge is -2.14. The number of hydrogen-bond acceptors (Lipinski definition) is 4. The first-order valence-corrected chi connectivity index (χ1v) is 7.24. The summed E-state index contributed by atoms with van der Waals surface area (Å²) in [7, 11) is -3.67. The molecule has 0 radical (unpaired) electrons. The number of benzene rings is 1. The lowest BCUT2D eigenvalue weighted by Crippen LogP contribution is -2.31. The van der Waals surface area contributed by atoms with E-state index in [4.69, 9.17) is 10.9 Å². The average Bonchev–Trinajstić information content (AvgIpc) is 2.35. The van der Waals surface area contributed by atoms with Crippen LogP contribution in [0.25, 0.3) is 0 Å². The van der Waals surface area contributed by atoms with Gasteiger partial charge in [0.15, 0.2) is 5.84 Å². The minimum absolute atomic E-state index is 0.147. The van der Waals surface area contributed by atoms with Gasteiger partial charge in [0.2, 0.25) is 0 Å². The van der Waals surface area contributed by atoms with E-state index < -0.39 is 10.2 Å². The van der Waals surface area contributed by atoms with E-state index in [1.165, 1.54) is 0 Å². The fourth-order valence-corrected chi connectivity index (χ4v) is 2.56. The van der Waals surface area contributed by atoms with Gasteiger partial charge in [0, 0.05) is 12.1 Å². The van der Waals surface area contributed by atoms with Crippen LogP contribution in [-0.4, -0.2) is 26.0 Å². The molecule has 0 bridgehead atoms. The largest absolute Gasteiger partial charge is 0.409 e. The van der Waals surface area contributed by atoms with Crippen LogP contribution < -0.4 is 15.2 Å². The zero-order chi connectivity index (χ0) is 14.5. The summed E-state index contributed by atoms with van der Waals surface area (Å²) in [5.41, 5.74) is 6.88. The Bertz CT molecular complexity index is 569. The monoisotopic (exact) mass is 286 g/mol. The number of nitrogens with one attached hydrogen (secondary N) is 2. The maximum absolute atomic E-state index is 11.8. The standard InChI is InChI=1S/C11H18N4O3S/c1-3-7-13-19(17,18)15-9-6-4-5-8(2)10(9)11(12)14-16/h4-6,13,15-16H,3,7H2,1-2H3,(H2,12,14). The number of oxime groups is 1. The number of amidine groups is 1. The molecule has 0 unspecified atom stereocenters. The summed E-state index contributed by atoms with van der Waals surface area (Å²) in [6, 6.07) is 4.97. The molecule has 19 heavy (non-hydrogen) atoms. The van der Waals surface area contributed by atoms with Crippen molar-refractivity contribution >= 4 is 21.7 Å². The predicted molar refractivity (Wildman–Crippen MR) is 74.5 cm³/mol. The van der Waals surface area contributed by atoms with E-state index in [2.05, 4.69) is 14.6 Å². The summed E-state index contributed by atoms with van der Waals surface area (Å²) in [5.74, 6) is -0.147. The van der Waals surface area contributed by atoms with Gasteiger partial charge >= 0.3 is 0 Å². The molecule has 1 aromatic rings. The van der Waals surface area contributed by atoms with Crippen LogP contribution in [0, 0.1) is 6.92 Å². The Hall–Kier alpha value is -1.80. The predicted octanol–water partition coefficient (Wildman–Crippen LogP) is 0.746. The Morgan fingerprint density at radius 3 is 2.74 bits per heavy atom. The summed E-state index contributed by atoms with van der Waals surface area (Å²) in [6.45, 7) is 3.93. The molecule has 106 valence electrons. The lowest BCUT2D eigenvalue weighted by atomic mass is 10.1. The summed E-state index contributed by atoms with van der Waals surface area (Å²) >= 11 is 0. The SMILES string of the molecule is CCCNS(=O)(=O)Nc1cccc(C)c1/C(N)=N/O. The summed E-state index contributed by atoms with van der Waals surface area (Å²) in [5, 5.41) is 11.7. The van der Waals surface area contributed by atoms with Crippen molar-refractivity contribution in [2.75, 3.05) is 11.3 Å². The van der Waals surface area contributed by atoms with E-state index in [0.29, 0.717) is 24.1 Å². The highest BCUT2D eigenvalue weighted by atomic mass is 32.2. The number of aryl methyl sites for hydroxylation is 1. The second kappa shape index (κ2) is 6.39. The van der Waals surface area contributed by atoms with Gasteiger partial charge in [0.05, 0.1) is 5.69 Å². The molecule has 7 nitrogen and oxygen atoms in total. The summed E-state index contributed by atoms with van der Waals surface area (Å²) < 4.78 is 28.3.